The predicted octanol–water partition coefficient (Wildman–Crippen LogP) is 2.28. The van der Waals surface area contributed by atoms with E-state index in [9.17, 15) is 14.4 Å². The number of carbonyl (C=O) groups is 3. The van der Waals surface area contributed by atoms with Crippen molar-refractivity contribution in [3.63, 3.8) is 0 Å². The zero-order valence-electron chi connectivity index (χ0n) is 16.5. The van der Waals surface area contributed by atoms with Crippen LogP contribution < -0.4 is 4.90 Å². The Bertz CT molecular complexity index is 690. The van der Waals surface area contributed by atoms with Gasteiger partial charge in [-0.3, -0.25) is 19.3 Å². The highest BCUT2D eigenvalue weighted by Gasteiger charge is 2.47. The molecule has 146 valence electrons. The van der Waals surface area contributed by atoms with Gasteiger partial charge in [0, 0.05) is 46.3 Å². The first-order chi connectivity index (χ1) is 12.9. The van der Waals surface area contributed by atoms with Crippen LogP contribution in [0.25, 0.3) is 0 Å². The fourth-order valence-electron chi connectivity index (χ4n) is 4.11. The van der Waals surface area contributed by atoms with Crippen molar-refractivity contribution >= 4 is 23.4 Å². The first kappa shape index (κ1) is 19.4. The lowest BCUT2D eigenvalue weighted by Gasteiger charge is -2.20. The standard InChI is InChI=1S/C21H29N3O3/c1-22(2)16-10-8-15(9-11-16)14-23(3)19(25)12-13-24-20(26)17-6-4-5-7-18(17)21(24)27/h8-11,17-18H,4-7,12-14H2,1-3H3. The zero-order valence-corrected chi connectivity index (χ0v) is 16.5. The van der Waals surface area contributed by atoms with Gasteiger partial charge in [-0.15, -0.1) is 0 Å². The molecule has 3 amide bonds. The van der Waals surface area contributed by atoms with Crippen molar-refractivity contribution in [1.82, 2.24) is 9.80 Å². The summed E-state index contributed by atoms with van der Waals surface area (Å²) in [7, 11) is 5.74. The Hall–Kier alpha value is -2.37. The molecule has 2 unspecified atom stereocenters. The Morgan fingerprint density at radius 2 is 1.56 bits per heavy atom. The molecule has 2 atom stereocenters. The number of carbonyl (C=O) groups excluding carboxylic acids is 3. The normalized spacial score (nSPS) is 22.0. The maximum absolute atomic E-state index is 12.5. The average molecular weight is 371 g/mol. The van der Waals surface area contributed by atoms with Gasteiger partial charge in [-0.05, 0) is 30.5 Å². The van der Waals surface area contributed by atoms with Crippen LogP contribution >= 0.6 is 0 Å². The number of rotatable bonds is 6. The van der Waals surface area contributed by atoms with Gasteiger partial charge in [-0.2, -0.15) is 0 Å². The maximum atomic E-state index is 12.5. The molecule has 1 aliphatic carbocycles. The molecule has 6 nitrogen and oxygen atoms in total. The van der Waals surface area contributed by atoms with Crippen LogP contribution in [0.1, 0.15) is 37.7 Å². The molecule has 2 aliphatic rings. The van der Waals surface area contributed by atoms with Crippen LogP contribution in [0, 0.1) is 11.8 Å². The molecule has 1 aromatic rings. The molecule has 2 fully saturated rings. The quantitative estimate of drug-likeness (QED) is 0.720. The number of likely N-dealkylation sites (tertiary alicyclic amines) is 1. The minimum absolute atomic E-state index is 0.0536. The summed E-state index contributed by atoms with van der Waals surface area (Å²) in [4.78, 5) is 42.5. The highest BCUT2D eigenvalue weighted by Crippen LogP contribution is 2.38. The molecule has 0 radical (unpaired) electrons. The molecule has 6 heteroatoms. The second kappa shape index (κ2) is 8.11. The van der Waals surface area contributed by atoms with Crippen molar-refractivity contribution in [1.29, 1.82) is 0 Å². The van der Waals surface area contributed by atoms with E-state index in [0.29, 0.717) is 6.54 Å². The first-order valence-corrected chi connectivity index (χ1v) is 9.74. The molecule has 1 aliphatic heterocycles. The lowest BCUT2D eigenvalue weighted by Crippen LogP contribution is -2.36. The summed E-state index contributed by atoms with van der Waals surface area (Å²) in [5.41, 5.74) is 2.16. The molecule has 0 spiro atoms. The van der Waals surface area contributed by atoms with Crippen molar-refractivity contribution in [2.45, 2.75) is 38.6 Å². The summed E-state index contributed by atoms with van der Waals surface area (Å²) in [5, 5.41) is 0. The number of nitrogens with zero attached hydrogens (tertiary/aromatic N) is 3. The van der Waals surface area contributed by atoms with Crippen molar-refractivity contribution < 1.29 is 14.4 Å². The van der Waals surface area contributed by atoms with Gasteiger partial charge in [0.25, 0.3) is 0 Å². The molecule has 3 rings (SSSR count). The van der Waals surface area contributed by atoms with Gasteiger partial charge in [-0.25, -0.2) is 0 Å². The van der Waals surface area contributed by atoms with E-state index in [4.69, 9.17) is 0 Å². The van der Waals surface area contributed by atoms with Gasteiger partial charge >= 0.3 is 0 Å². The minimum atomic E-state index is -0.144. The number of imide groups is 1. The average Bonchev–Trinajstić information content (AvgIpc) is 2.91. The van der Waals surface area contributed by atoms with Crippen LogP contribution in [0.5, 0.6) is 0 Å². The third-order valence-corrected chi connectivity index (χ3v) is 5.78. The Morgan fingerprint density at radius 3 is 2.07 bits per heavy atom. The lowest BCUT2D eigenvalue weighted by molar-refractivity contribution is -0.140. The summed E-state index contributed by atoms with van der Waals surface area (Å²) in [6.07, 6.45) is 3.83. The van der Waals surface area contributed by atoms with Crippen LogP contribution in [0.2, 0.25) is 0 Å². The van der Waals surface area contributed by atoms with E-state index in [1.165, 1.54) is 4.90 Å². The smallest absolute Gasteiger partial charge is 0.233 e. The van der Waals surface area contributed by atoms with E-state index >= 15 is 0 Å². The third-order valence-electron chi connectivity index (χ3n) is 5.78. The molecule has 1 aromatic carbocycles. The van der Waals surface area contributed by atoms with Gasteiger partial charge in [-0.1, -0.05) is 25.0 Å². The van der Waals surface area contributed by atoms with E-state index in [0.717, 1.165) is 36.9 Å². The second-order valence-corrected chi connectivity index (χ2v) is 7.89. The molecule has 0 aromatic heterocycles. The summed E-state index contributed by atoms with van der Waals surface area (Å²) >= 11 is 0. The number of benzene rings is 1. The summed E-state index contributed by atoms with van der Waals surface area (Å²) in [5.74, 6) is -0.482. The molecule has 0 bridgehead atoms. The zero-order chi connectivity index (χ0) is 19.6. The Morgan fingerprint density at radius 1 is 1.00 bits per heavy atom. The van der Waals surface area contributed by atoms with Gasteiger partial charge in [0.05, 0.1) is 11.8 Å². The number of hydrogen-bond acceptors (Lipinski definition) is 4. The second-order valence-electron chi connectivity index (χ2n) is 7.89. The van der Waals surface area contributed by atoms with E-state index < -0.39 is 0 Å². The van der Waals surface area contributed by atoms with Crippen molar-refractivity contribution in [3.05, 3.63) is 29.8 Å². The molecule has 27 heavy (non-hydrogen) atoms. The number of hydrogen-bond donors (Lipinski definition) is 0. The van der Waals surface area contributed by atoms with E-state index in [-0.39, 0.29) is 42.5 Å². The summed E-state index contributed by atoms with van der Waals surface area (Å²) in [6.45, 7) is 0.715. The van der Waals surface area contributed by atoms with Crippen LogP contribution in [0.4, 0.5) is 5.69 Å². The van der Waals surface area contributed by atoms with Crippen LogP contribution in [0.3, 0.4) is 0 Å². The van der Waals surface area contributed by atoms with E-state index in [2.05, 4.69) is 0 Å². The molecular weight excluding hydrogens is 342 g/mol. The molecule has 1 saturated carbocycles. The highest BCUT2D eigenvalue weighted by molar-refractivity contribution is 6.05. The highest BCUT2D eigenvalue weighted by atomic mass is 16.2. The monoisotopic (exact) mass is 371 g/mol. The fraction of sp³-hybridized carbons (Fsp3) is 0.571. The van der Waals surface area contributed by atoms with Gasteiger partial charge in [0.2, 0.25) is 17.7 Å². The number of amides is 3. The third kappa shape index (κ3) is 4.15. The lowest BCUT2D eigenvalue weighted by atomic mass is 9.81. The van der Waals surface area contributed by atoms with Crippen molar-refractivity contribution in [3.8, 4) is 0 Å². The molecule has 1 heterocycles. The fourth-order valence-corrected chi connectivity index (χ4v) is 4.11. The molecular formula is C21H29N3O3. The number of anilines is 1. The summed E-state index contributed by atoms with van der Waals surface area (Å²) in [6, 6.07) is 8.07. The van der Waals surface area contributed by atoms with Crippen LogP contribution in [-0.2, 0) is 20.9 Å². The molecule has 0 N–H and O–H groups in total. The Balaban J connectivity index is 1.52. The van der Waals surface area contributed by atoms with E-state index in [1.807, 2.05) is 43.3 Å². The SMILES string of the molecule is CN(Cc1ccc(N(C)C)cc1)C(=O)CCN1C(=O)C2CCCCC2C1=O. The Kier molecular flexibility index (Phi) is 5.82. The van der Waals surface area contributed by atoms with Crippen LogP contribution in [-0.4, -0.2) is 55.2 Å². The summed E-state index contributed by atoms with van der Waals surface area (Å²) < 4.78 is 0. The van der Waals surface area contributed by atoms with Crippen LogP contribution in [0.15, 0.2) is 24.3 Å². The van der Waals surface area contributed by atoms with E-state index in [1.54, 1.807) is 11.9 Å². The van der Waals surface area contributed by atoms with Crippen molar-refractivity contribution in [2.24, 2.45) is 11.8 Å². The topological polar surface area (TPSA) is 60.9 Å². The minimum Gasteiger partial charge on any atom is -0.378 e. The van der Waals surface area contributed by atoms with Gasteiger partial charge < -0.3 is 9.80 Å². The maximum Gasteiger partial charge on any atom is 0.233 e. The van der Waals surface area contributed by atoms with Crippen molar-refractivity contribution in [2.75, 3.05) is 32.6 Å². The first-order valence-electron chi connectivity index (χ1n) is 9.74. The largest absolute Gasteiger partial charge is 0.378 e. The number of fused-ring (bicyclic) bond motifs is 1. The molecule has 1 saturated heterocycles. The van der Waals surface area contributed by atoms with Gasteiger partial charge in [0.15, 0.2) is 0 Å². The predicted molar refractivity (Wildman–Crippen MR) is 104 cm³/mol. The van der Waals surface area contributed by atoms with Gasteiger partial charge in [0.1, 0.15) is 0 Å². The Labute approximate surface area is 161 Å².